The highest BCUT2D eigenvalue weighted by molar-refractivity contribution is 7.98. The summed E-state index contributed by atoms with van der Waals surface area (Å²) in [5.41, 5.74) is 8.29. The molecule has 0 spiro atoms. The molecule has 1 aromatic carbocycles. The number of rotatable bonds is 6. The number of nitrogens with two attached hydrogens (primary N) is 1. The number of benzene rings is 1. The Bertz CT molecular complexity index is 536. The minimum absolute atomic E-state index is 0.182. The molecule has 0 bridgehead atoms. The van der Waals surface area contributed by atoms with Gasteiger partial charge in [0.15, 0.2) is 0 Å². The lowest BCUT2D eigenvalue weighted by atomic mass is 10.0. The summed E-state index contributed by atoms with van der Waals surface area (Å²) < 4.78 is 5.26. The average molecular weight is 291 g/mol. The van der Waals surface area contributed by atoms with E-state index in [2.05, 4.69) is 42.4 Å². The van der Waals surface area contributed by atoms with E-state index in [0.29, 0.717) is 17.6 Å². The molecule has 1 heterocycles. The van der Waals surface area contributed by atoms with Crippen LogP contribution in [0.2, 0.25) is 0 Å². The largest absolute Gasteiger partial charge is 0.337 e. The van der Waals surface area contributed by atoms with Gasteiger partial charge in [0.25, 0.3) is 0 Å². The van der Waals surface area contributed by atoms with Crippen molar-refractivity contribution in [2.24, 2.45) is 5.73 Å². The van der Waals surface area contributed by atoms with E-state index in [4.69, 9.17) is 10.3 Å². The molecular formula is C15H21N3OS. The Morgan fingerprint density at radius 1 is 1.25 bits per heavy atom. The van der Waals surface area contributed by atoms with Gasteiger partial charge in [0, 0.05) is 5.56 Å². The highest BCUT2D eigenvalue weighted by Gasteiger charge is 2.15. The molecule has 0 aliphatic heterocycles. The van der Waals surface area contributed by atoms with Gasteiger partial charge >= 0.3 is 0 Å². The molecule has 0 amide bonds. The molecule has 0 saturated heterocycles. The molecule has 20 heavy (non-hydrogen) atoms. The van der Waals surface area contributed by atoms with E-state index in [1.54, 1.807) is 11.8 Å². The lowest BCUT2D eigenvalue weighted by molar-refractivity contribution is 0.353. The Kier molecular flexibility index (Phi) is 5.20. The van der Waals surface area contributed by atoms with Crippen LogP contribution in [-0.2, 0) is 0 Å². The van der Waals surface area contributed by atoms with Crippen LogP contribution in [0.1, 0.15) is 43.7 Å². The van der Waals surface area contributed by atoms with E-state index >= 15 is 0 Å². The molecule has 1 aromatic heterocycles. The number of thioether (sulfide) groups is 1. The van der Waals surface area contributed by atoms with Gasteiger partial charge in [-0.3, -0.25) is 0 Å². The molecular weight excluding hydrogens is 270 g/mol. The van der Waals surface area contributed by atoms with Gasteiger partial charge in [-0.05, 0) is 29.9 Å². The fraction of sp³-hybridized carbons (Fsp3) is 0.467. The second kappa shape index (κ2) is 6.90. The number of hydrogen-bond acceptors (Lipinski definition) is 5. The predicted octanol–water partition coefficient (Wildman–Crippen LogP) is 3.61. The first-order valence-electron chi connectivity index (χ1n) is 6.80. The van der Waals surface area contributed by atoms with Gasteiger partial charge in [-0.2, -0.15) is 16.7 Å². The summed E-state index contributed by atoms with van der Waals surface area (Å²) in [6, 6.07) is 8.07. The van der Waals surface area contributed by atoms with Crippen molar-refractivity contribution in [1.29, 1.82) is 0 Å². The fourth-order valence-corrected chi connectivity index (χ4v) is 2.38. The monoisotopic (exact) mass is 291 g/mol. The number of aromatic nitrogens is 2. The molecule has 1 atom stereocenters. The third-order valence-electron chi connectivity index (χ3n) is 3.23. The molecule has 108 valence electrons. The minimum atomic E-state index is -0.182. The third-order valence-corrected chi connectivity index (χ3v) is 3.87. The number of hydrogen-bond donors (Lipinski definition) is 1. The Labute approximate surface area is 124 Å². The Hall–Kier alpha value is -1.33. The summed E-state index contributed by atoms with van der Waals surface area (Å²) in [4.78, 5) is 4.40. The summed E-state index contributed by atoms with van der Waals surface area (Å²) in [5.74, 6) is 2.63. The SMILES string of the molecule is CSCC[C@H](N)c1nc(-c2ccc(C(C)C)cc2)no1. The first-order valence-corrected chi connectivity index (χ1v) is 8.19. The van der Waals surface area contributed by atoms with Gasteiger partial charge in [0.05, 0.1) is 6.04 Å². The first-order chi connectivity index (χ1) is 9.61. The zero-order chi connectivity index (χ0) is 14.5. The lowest BCUT2D eigenvalue weighted by Crippen LogP contribution is -2.11. The smallest absolute Gasteiger partial charge is 0.243 e. The van der Waals surface area contributed by atoms with Gasteiger partial charge in [-0.1, -0.05) is 43.3 Å². The van der Waals surface area contributed by atoms with Crippen LogP contribution in [0.5, 0.6) is 0 Å². The molecule has 4 nitrogen and oxygen atoms in total. The molecule has 0 unspecified atom stereocenters. The second-order valence-corrected chi connectivity index (χ2v) is 6.11. The highest BCUT2D eigenvalue weighted by Crippen LogP contribution is 2.22. The van der Waals surface area contributed by atoms with Crippen LogP contribution in [0.15, 0.2) is 28.8 Å². The van der Waals surface area contributed by atoms with Gasteiger partial charge in [-0.15, -0.1) is 0 Å². The van der Waals surface area contributed by atoms with Crippen LogP contribution < -0.4 is 5.73 Å². The third kappa shape index (κ3) is 3.61. The standard InChI is InChI=1S/C15H21N3OS/c1-10(2)11-4-6-12(7-5-11)14-17-15(19-18-14)13(16)8-9-20-3/h4-7,10,13H,8-9,16H2,1-3H3/t13-/m0/s1. The van der Waals surface area contributed by atoms with Gasteiger partial charge in [0.2, 0.25) is 11.7 Å². The quantitative estimate of drug-likeness (QED) is 0.880. The van der Waals surface area contributed by atoms with Crippen molar-refractivity contribution < 1.29 is 4.52 Å². The van der Waals surface area contributed by atoms with Crippen molar-refractivity contribution >= 4 is 11.8 Å². The summed E-state index contributed by atoms with van der Waals surface area (Å²) in [6.07, 6.45) is 2.90. The summed E-state index contributed by atoms with van der Waals surface area (Å²) in [6.45, 7) is 4.35. The van der Waals surface area contributed by atoms with Crippen molar-refractivity contribution in [1.82, 2.24) is 10.1 Å². The highest BCUT2D eigenvalue weighted by atomic mass is 32.2. The van der Waals surface area contributed by atoms with Crippen LogP contribution in [-0.4, -0.2) is 22.1 Å². The van der Waals surface area contributed by atoms with Crippen LogP contribution in [0.25, 0.3) is 11.4 Å². The van der Waals surface area contributed by atoms with Gasteiger partial charge in [-0.25, -0.2) is 0 Å². The Morgan fingerprint density at radius 2 is 1.95 bits per heavy atom. The Morgan fingerprint density at radius 3 is 2.55 bits per heavy atom. The predicted molar refractivity (Wildman–Crippen MR) is 83.8 cm³/mol. The maximum Gasteiger partial charge on any atom is 0.243 e. The summed E-state index contributed by atoms with van der Waals surface area (Å²) in [5, 5.41) is 4.02. The number of nitrogens with zero attached hydrogens (tertiary/aromatic N) is 2. The molecule has 0 radical (unpaired) electrons. The molecule has 5 heteroatoms. The molecule has 0 fully saturated rings. The van der Waals surface area contributed by atoms with Crippen LogP contribution in [0.4, 0.5) is 0 Å². The summed E-state index contributed by atoms with van der Waals surface area (Å²) in [7, 11) is 0. The van der Waals surface area contributed by atoms with Crippen molar-refractivity contribution in [2.75, 3.05) is 12.0 Å². The first kappa shape index (κ1) is 15.1. The van der Waals surface area contributed by atoms with Crippen molar-refractivity contribution in [3.63, 3.8) is 0 Å². The molecule has 2 aromatic rings. The zero-order valence-corrected chi connectivity index (χ0v) is 13.0. The zero-order valence-electron chi connectivity index (χ0n) is 12.2. The van der Waals surface area contributed by atoms with Gasteiger partial charge < -0.3 is 10.3 Å². The summed E-state index contributed by atoms with van der Waals surface area (Å²) >= 11 is 1.76. The maximum absolute atomic E-state index is 6.03. The van der Waals surface area contributed by atoms with Gasteiger partial charge in [0.1, 0.15) is 0 Å². The van der Waals surface area contributed by atoms with Crippen LogP contribution in [0.3, 0.4) is 0 Å². The van der Waals surface area contributed by atoms with Crippen molar-refractivity contribution in [3.05, 3.63) is 35.7 Å². The molecule has 0 aliphatic rings. The van der Waals surface area contributed by atoms with E-state index in [-0.39, 0.29) is 6.04 Å². The van der Waals surface area contributed by atoms with Crippen LogP contribution >= 0.6 is 11.8 Å². The van der Waals surface area contributed by atoms with Crippen molar-refractivity contribution in [2.45, 2.75) is 32.2 Å². The lowest BCUT2D eigenvalue weighted by Gasteiger charge is -2.05. The van der Waals surface area contributed by atoms with E-state index in [0.717, 1.165) is 17.7 Å². The fourth-order valence-electron chi connectivity index (χ4n) is 1.89. The van der Waals surface area contributed by atoms with E-state index in [1.807, 2.05) is 12.1 Å². The molecule has 0 aliphatic carbocycles. The normalized spacial score (nSPS) is 12.8. The van der Waals surface area contributed by atoms with E-state index < -0.39 is 0 Å². The van der Waals surface area contributed by atoms with Crippen LogP contribution in [0, 0.1) is 0 Å². The molecule has 2 N–H and O–H groups in total. The molecule has 0 saturated carbocycles. The molecule has 2 rings (SSSR count). The van der Waals surface area contributed by atoms with E-state index in [9.17, 15) is 0 Å². The van der Waals surface area contributed by atoms with Crippen molar-refractivity contribution in [3.8, 4) is 11.4 Å². The minimum Gasteiger partial charge on any atom is -0.337 e. The Balaban J connectivity index is 2.11. The van der Waals surface area contributed by atoms with E-state index in [1.165, 1.54) is 5.56 Å². The second-order valence-electron chi connectivity index (χ2n) is 5.12. The maximum atomic E-state index is 6.03. The topological polar surface area (TPSA) is 64.9 Å². The average Bonchev–Trinajstić information content (AvgIpc) is 2.94.